The van der Waals surface area contributed by atoms with Crippen molar-refractivity contribution < 1.29 is 18.0 Å². The Morgan fingerprint density at radius 3 is 1.67 bits per heavy atom. The van der Waals surface area contributed by atoms with Crippen LogP contribution in [0.2, 0.25) is 0 Å². The van der Waals surface area contributed by atoms with E-state index in [4.69, 9.17) is 0 Å². The number of alkyl halides is 3. The van der Waals surface area contributed by atoms with Crippen LogP contribution in [0.4, 0.5) is 13.2 Å². The van der Waals surface area contributed by atoms with Gasteiger partial charge in [0.1, 0.15) is 11.5 Å². The summed E-state index contributed by atoms with van der Waals surface area (Å²) in [6.07, 6.45) is -0.175. The second-order valence-corrected chi connectivity index (χ2v) is 6.98. The van der Waals surface area contributed by atoms with Gasteiger partial charge in [-0.1, -0.05) is 20.8 Å². The Morgan fingerprint density at radius 2 is 1.33 bits per heavy atom. The standard InChI is InChI=1S/C14H21F3O/c1-11(2,3)10(18)12(4-5-12)13(15)6-8-14(16,17)9-7-13/h4-9H2,1-3H3. The number of halogens is 3. The highest BCUT2D eigenvalue weighted by molar-refractivity contribution is 5.93. The molecule has 0 aliphatic heterocycles. The minimum Gasteiger partial charge on any atom is -0.298 e. The van der Waals surface area contributed by atoms with Gasteiger partial charge in [-0.25, -0.2) is 13.2 Å². The Labute approximate surface area is 106 Å². The number of carbonyl (C=O) groups excluding carboxylic acids is 1. The van der Waals surface area contributed by atoms with Gasteiger partial charge >= 0.3 is 0 Å². The maximum absolute atomic E-state index is 15.0. The average molecular weight is 262 g/mol. The van der Waals surface area contributed by atoms with Gasteiger partial charge in [-0.2, -0.15) is 0 Å². The third-order valence-electron chi connectivity index (χ3n) is 4.50. The van der Waals surface area contributed by atoms with E-state index in [0.29, 0.717) is 12.8 Å². The molecule has 0 radical (unpaired) electrons. The molecule has 2 aliphatic carbocycles. The Morgan fingerprint density at radius 1 is 0.889 bits per heavy atom. The summed E-state index contributed by atoms with van der Waals surface area (Å²) in [6, 6.07) is 0. The predicted molar refractivity (Wildman–Crippen MR) is 63.4 cm³/mol. The lowest BCUT2D eigenvalue weighted by atomic mass is 9.67. The summed E-state index contributed by atoms with van der Waals surface area (Å²) in [5.74, 6) is -2.85. The van der Waals surface area contributed by atoms with Gasteiger partial charge in [0.2, 0.25) is 5.92 Å². The van der Waals surface area contributed by atoms with Gasteiger partial charge in [0.25, 0.3) is 0 Å². The van der Waals surface area contributed by atoms with Crippen LogP contribution in [0.5, 0.6) is 0 Å². The largest absolute Gasteiger partial charge is 0.298 e. The first kappa shape index (κ1) is 13.9. The van der Waals surface area contributed by atoms with E-state index in [-0.39, 0.29) is 18.6 Å². The van der Waals surface area contributed by atoms with Crippen LogP contribution < -0.4 is 0 Å². The highest BCUT2D eigenvalue weighted by Crippen LogP contribution is 2.64. The highest BCUT2D eigenvalue weighted by atomic mass is 19.3. The zero-order chi connectivity index (χ0) is 13.8. The monoisotopic (exact) mass is 262 g/mol. The van der Waals surface area contributed by atoms with Crippen molar-refractivity contribution in [1.82, 2.24) is 0 Å². The van der Waals surface area contributed by atoms with Crippen molar-refractivity contribution in [3.05, 3.63) is 0 Å². The van der Waals surface area contributed by atoms with Crippen LogP contribution in [0.15, 0.2) is 0 Å². The minimum absolute atomic E-state index is 0.0947. The fourth-order valence-electron chi connectivity index (χ4n) is 3.21. The smallest absolute Gasteiger partial charge is 0.248 e. The maximum atomic E-state index is 15.0. The molecule has 0 aromatic rings. The molecule has 0 bridgehead atoms. The first-order chi connectivity index (χ1) is 8.03. The molecule has 0 unspecified atom stereocenters. The summed E-state index contributed by atoms with van der Waals surface area (Å²) < 4.78 is 41.3. The molecule has 18 heavy (non-hydrogen) atoms. The van der Waals surface area contributed by atoms with Crippen LogP contribution >= 0.6 is 0 Å². The van der Waals surface area contributed by atoms with Crippen LogP contribution in [0, 0.1) is 10.8 Å². The maximum Gasteiger partial charge on any atom is 0.248 e. The SMILES string of the molecule is CC(C)(C)C(=O)C1(C2(F)CCC(F)(F)CC2)CC1. The number of ketones is 1. The Balaban J connectivity index is 2.19. The quantitative estimate of drug-likeness (QED) is 0.725. The molecule has 0 saturated heterocycles. The van der Waals surface area contributed by atoms with Crippen molar-refractivity contribution in [3.63, 3.8) is 0 Å². The summed E-state index contributed by atoms with van der Waals surface area (Å²) >= 11 is 0. The summed E-state index contributed by atoms with van der Waals surface area (Å²) in [4.78, 5) is 12.4. The van der Waals surface area contributed by atoms with E-state index in [1.54, 1.807) is 20.8 Å². The van der Waals surface area contributed by atoms with E-state index < -0.39 is 35.3 Å². The first-order valence-electron chi connectivity index (χ1n) is 6.64. The normalized spacial score (nSPS) is 28.8. The van der Waals surface area contributed by atoms with Gasteiger partial charge < -0.3 is 0 Å². The lowest BCUT2D eigenvalue weighted by Gasteiger charge is -2.41. The predicted octanol–water partition coefficient (Wildman–Crippen LogP) is 4.30. The minimum atomic E-state index is -2.75. The molecule has 2 saturated carbocycles. The molecular weight excluding hydrogens is 241 g/mol. The summed E-state index contributed by atoms with van der Waals surface area (Å²) in [5, 5.41) is 0. The van der Waals surface area contributed by atoms with Gasteiger partial charge in [0, 0.05) is 18.3 Å². The molecule has 0 N–H and O–H groups in total. The van der Waals surface area contributed by atoms with Crippen molar-refractivity contribution >= 4 is 5.78 Å². The van der Waals surface area contributed by atoms with E-state index in [1.165, 1.54) is 0 Å². The molecule has 2 rings (SSSR count). The van der Waals surface area contributed by atoms with Crippen LogP contribution in [-0.4, -0.2) is 17.4 Å². The Bertz CT molecular complexity index is 354. The lowest BCUT2D eigenvalue weighted by molar-refractivity contribution is -0.146. The van der Waals surface area contributed by atoms with Gasteiger partial charge in [-0.05, 0) is 25.7 Å². The molecule has 2 fully saturated rings. The molecule has 2 aliphatic rings. The molecule has 0 aromatic carbocycles. The second-order valence-electron chi connectivity index (χ2n) is 6.98. The van der Waals surface area contributed by atoms with Gasteiger partial charge in [0.15, 0.2) is 0 Å². The van der Waals surface area contributed by atoms with E-state index in [9.17, 15) is 18.0 Å². The number of hydrogen-bond donors (Lipinski definition) is 0. The molecule has 0 spiro atoms. The van der Waals surface area contributed by atoms with Gasteiger partial charge in [0.05, 0.1) is 5.41 Å². The van der Waals surface area contributed by atoms with Crippen molar-refractivity contribution in [2.24, 2.45) is 10.8 Å². The fourth-order valence-corrected chi connectivity index (χ4v) is 3.21. The van der Waals surface area contributed by atoms with E-state index in [2.05, 4.69) is 0 Å². The summed E-state index contributed by atoms with van der Waals surface area (Å²) in [6.45, 7) is 5.32. The Kier molecular flexibility index (Phi) is 2.88. The zero-order valence-corrected chi connectivity index (χ0v) is 11.3. The van der Waals surface area contributed by atoms with E-state index >= 15 is 0 Å². The molecule has 0 aromatic heterocycles. The average Bonchev–Trinajstić information content (AvgIpc) is 3.02. The van der Waals surface area contributed by atoms with Crippen LogP contribution in [0.3, 0.4) is 0 Å². The van der Waals surface area contributed by atoms with Gasteiger partial charge in [-0.3, -0.25) is 4.79 Å². The van der Waals surface area contributed by atoms with E-state index in [1.807, 2.05) is 0 Å². The molecule has 0 amide bonds. The summed E-state index contributed by atoms with van der Waals surface area (Å²) in [7, 11) is 0. The molecule has 0 atom stereocenters. The third kappa shape index (κ3) is 2.08. The number of rotatable bonds is 2. The lowest BCUT2D eigenvalue weighted by Crippen LogP contribution is -2.48. The third-order valence-corrected chi connectivity index (χ3v) is 4.50. The number of Topliss-reactive ketones (excluding diaryl/α,β-unsaturated/α-hetero) is 1. The van der Waals surface area contributed by atoms with Crippen LogP contribution in [0.25, 0.3) is 0 Å². The summed E-state index contributed by atoms with van der Waals surface area (Å²) in [5.41, 5.74) is -3.28. The Hall–Kier alpha value is -0.540. The molecule has 104 valence electrons. The van der Waals surface area contributed by atoms with Crippen molar-refractivity contribution in [2.75, 3.05) is 0 Å². The van der Waals surface area contributed by atoms with Crippen molar-refractivity contribution in [2.45, 2.75) is 70.9 Å². The highest BCUT2D eigenvalue weighted by Gasteiger charge is 2.67. The first-order valence-corrected chi connectivity index (χ1v) is 6.64. The number of hydrogen-bond acceptors (Lipinski definition) is 1. The number of carbonyl (C=O) groups is 1. The second kappa shape index (κ2) is 3.73. The molecule has 4 heteroatoms. The van der Waals surface area contributed by atoms with Crippen LogP contribution in [0.1, 0.15) is 59.3 Å². The van der Waals surface area contributed by atoms with Gasteiger partial charge in [-0.15, -0.1) is 0 Å². The van der Waals surface area contributed by atoms with E-state index in [0.717, 1.165) is 0 Å². The fraction of sp³-hybridized carbons (Fsp3) is 0.929. The molecule has 1 nitrogen and oxygen atoms in total. The van der Waals surface area contributed by atoms with Crippen molar-refractivity contribution in [1.29, 1.82) is 0 Å². The van der Waals surface area contributed by atoms with Crippen LogP contribution in [-0.2, 0) is 4.79 Å². The van der Waals surface area contributed by atoms with Crippen molar-refractivity contribution in [3.8, 4) is 0 Å². The zero-order valence-electron chi connectivity index (χ0n) is 11.3. The molecule has 0 heterocycles. The molecular formula is C14H21F3O. The topological polar surface area (TPSA) is 17.1 Å².